The Bertz CT molecular complexity index is 305. The van der Waals surface area contributed by atoms with Gasteiger partial charge in [0.2, 0.25) is 0 Å². The van der Waals surface area contributed by atoms with Gasteiger partial charge in [0.25, 0.3) is 0 Å². The molecule has 0 aromatic carbocycles. The van der Waals surface area contributed by atoms with E-state index in [4.69, 9.17) is 0 Å². The molecule has 3 aliphatic carbocycles. The van der Waals surface area contributed by atoms with Crippen LogP contribution in [0.3, 0.4) is 0 Å². The third kappa shape index (κ3) is 2.06. The average Bonchev–Trinajstić information content (AvgIpc) is 2.95. The second kappa shape index (κ2) is 5.28. The van der Waals surface area contributed by atoms with Crippen molar-refractivity contribution in [3.05, 3.63) is 0 Å². The molecule has 0 radical (unpaired) electrons. The van der Waals surface area contributed by atoms with Gasteiger partial charge in [-0.05, 0) is 76.5 Å². The van der Waals surface area contributed by atoms with E-state index in [1.165, 1.54) is 64.5 Å². The number of nitrogens with zero attached hydrogens (tertiary/aromatic N) is 2. The summed E-state index contributed by atoms with van der Waals surface area (Å²) in [4.78, 5) is 5.26. The van der Waals surface area contributed by atoms with Gasteiger partial charge in [-0.2, -0.15) is 0 Å². The van der Waals surface area contributed by atoms with Crippen LogP contribution in [0.2, 0.25) is 0 Å². The van der Waals surface area contributed by atoms with Gasteiger partial charge >= 0.3 is 0 Å². The van der Waals surface area contributed by atoms with E-state index in [0.29, 0.717) is 10.8 Å². The molecular formula is C18H34N2. The maximum Gasteiger partial charge on any atom is 0.0103 e. The highest BCUT2D eigenvalue weighted by molar-refractivity contribution is 5.15. The number of hydrogen-bond acceptors (Lipinski definition) is 2. The molecule has 0 aliphatic heterocycles. The molecule has 3 aliphatic rings. The molecule has 0 unspecified atom stereocenters. The summed E-state index contributed by atoms with van der Waals surface area (Å²) >= 11 is 0. The predicted molar refractivity (Wildman–Crippen MR) is 86.0 cm³/mol. The summed E-state index contributed by atoms with van der Waals surface area (Å²) in [7, 11) is 4.70. The summed E-state index contributed by atoms with van der Waals surface area (Å²) in [6, 6.07) is 1.73. The highest BCUT2D eigenvalue weighted by atomic mass is 15.2. The predicted octanol–water partition coefficient (Wildman–Crippen LogP) is 3.76. The topological polar surface area (TPSA) is 6.48 Å². The standard InChI is InChI=1S/C18H34N2/c1-5-19(3)15-11-17-9-7-8-10-18(17,12-15)14-16(13-17)20(4)6-2/h15-16H,5-14H2,1-4H3. The SMILES string of the molecule is CCN(C)C1CC23CCCCC2(C1)CC(N(C)CC)C3. The van der Waals surface area contributed by atoms with E-state index in [-0.39, 0.29) is 0 Å². The summed E-state index contributed by atoms with van der Waals surface area (Å²) in [5, 5.41) is 0. The largest absolute Gasteiger partial charge is 0.304 e. The molecule has 0 amide bonds. The minimum atomic E-state index is 0.702. The molecular weight excluding hydrogens is 244 g/mol. The smallest absolute Gasteiger partial charge is 0.0103 e. The Hall–Kier alpha value is -0.0800. The van der Waals surface area contributed by atoms with Gasteiger partial charge < -0.3 is 9.80 Å². The first-order valence-corrected chi connectivity index (χ1v) is 8.96. The van der Waals surface area contributed by atoms with Crippen molar-refractivity contribution in [1.82, 2.24) is 9.80 Å². The van der Waals surface area contributed by atoms with E-state index in [1.807, 2.05) is 0 Å². The average molecular weight is 278 g/mol. The highest BCUT2D eigenvalue weighted by Gasteiger charge is 2.63. The summed E-state index contributed by atoms with van der Waals surface area (Å²) in [5.74, 6) is 0. The second-order valence-electron chi connectivity index (χ2n) is 8.04. The maximum atomic E-state index is 2.63. The molecule has 0 N–H and O–H groups in total. The zero-order valence-electron chi connectivity index (χ0n) is 14.1. The summed E-state index contributed by atoms with van der Waals surface area (Å²) in [6.45, 7) is 7.08. The van der Waals surface area contributed by atoms with Crippen LogP contribution in [0.4, 0.5) is 0 Å². The minimum Gasteiger partial charge on any atom is -0.304 e. The zero-order valence-corrected chi connectivity index (χ0v) is 14.1. The molecule has 20 heavy (non-hydrogen) atoms. The monoisotopic (exact) mass is 278 g/mol. The molecule has 2 nitrogen and oxygen atoms in total. The van der Waals surface area contributed by atoms with Crippen molar-refractivity contribution in [3.8, 4) is 0 Å². The molecule has 116 valence electrons. The van der Waals surface area contributed by atoms with Crippen LogP contribution in [0.1, 0.15) is 65.2 Å². The van der Waals surface area contributed by atoms with Crippen LogP contribution in [-0.2, 0) is 0 Å². The van der Waals surface area contributed by atoms with Gasteiger partial charge in [-0.1, -0.05) is 26.7 Å². The lowest BCUT2D eigenvalue weighted by Gasteiger charge is -2.44. The third-order valence-corrected chi connectivity index (χ3v) is 7.44. The van der Waals surface area contributed by atoms with Crippen molar-refractivity contribution in [2.45, 2.75) is 77.3 Å². The molecule has 0 saturated heterocycles. The first kappa shape index (κ1) is 14.8. The van der Waals surface area contributed by atoms with Gasteiger partial charge in [-0.3, -0.25) is 0 Å². The lowest BCUT2D eigenvalue weighted by molar-refractivity contribution is 0.0520. The van der Waals surface area contributed by atoms with Crippen molar-refractivity contribution in [2.24, 2.45) is 10.8 Å². The molecule has 0 spiro atoms. The molecule has 2 heteroatoms. The van der Waals surface area contributed by atoms with Gasteiger partial charge in [-0.25, -0.2) is 0 Å². The van der Waals surface area contributed by atoms with E-state index >= 15 is 0 Å². The van der Waals surface area contributed by atoms with Crippen molar-refractivity contribution in [1.29, 1.82) is 0 Å². The summed E-state index contributed by atoms with van der Waals surface area (Å²) in [6.07, 6.45) is 12.0. The Balaban J connectivity index is 1.84. The minimum absolute atomic E-state index is 0.702. The fourth-order valence-corrected chi connectivity index (χ4v) is 5.99. The van der Waals surface area contributed by atoms with E-state index in [1.54, 1.807) is 0 Å². The lowest BCUT2D eigenvalue weighted by atomic mass is 9.60. The highest BCUT2D eigenvalue weighted by Crippen LogP contribution is 2.70. The van der Waals surface area contributed by atoms with E-state index in [0.717, 1.165) is 12.1 Å². The first-order chi connectivity index (χ1) is 9.56. The molecule has 3 fully saturated rings. The van der Waals surface area contributed by atoms with E-state index < -0.39 is 0 Å². The van der Waals surface area contributed by atoms with Gasteiger partial charge in [0, 0.05) is 12.1 Å². The summed E-state index contributed by atoms with van der Waals surface area (Å²) < 4.78 is 0. The number of hydrogen-bond donors (Lipinski definition) is 0. The van der Waals surface area contributed by atoms with Crippen LogP contribution in [0.5, 0.6) is 0 Å². The van der Waals surface area contributed by atoms with Gasteiger partial charge in [-0.15, -0.1) is 0 Å². The van der Waals surface area contributed by atoms with Crippen LogP contribution in [0.15, 0.2) is 0 Å². The Morgan fingerprint density at radius 3 is 1.40 bits per heavy atom. The van der Waals surface area contributed by atoms with E-state index in [9.17, 15) is 0 Å². The summed E-state index contributed by atoms with van der Waals surface area (Å²) in [5.41, 5.74) is 1.40. The Morgan fingerprint density at radius 2 is 1.10 bits per heavy atom. The molecule has 0 atom stereocenters. The van der Waals surface area contributed by atoms with Crippen molar-refractivity contribution in [3.63, 3.8) is 0 Å². The second-order valence-corrected chi connectivity index (χ2v) is 8.04. The van der Waals surface area contributed by atoms with E-state index in [2.05, 4.69) is 37.7 Å². The van der Waals surface area contributed by atoms with Crippen LogP contribution in [0.25, 0.3) is 0 Å². The van der Waals surface area contributed by atoms with Crippen LogP contribution < -0.4 is 0 Å². The molecule has 0 heterocycles. The molecule has 3 saturated carbocycles. The molecule has 0 aromatic heterocycles. The van der Waals surface area contributed by atoms with Crippen molar-refractivity contribution >= 4 is 0 Å². The van der Waals surface area contributed by atoms with Gasteiger partial charge in [0.05, 0.1) is 0 Å². The number of rotatable bonds is 4. The van der Waals surface area contributed by atoms with Crippen molar-refractivity contribution in [2.75, 3.05) is 27.2 Å². The van der Waals surface area contributed by atoms with Crippen LogP contribution in [0, 0.1) is 10.8 Å². The lowest BCUT2D eigenvalue weighted by Crippen LogP contribution is -2.35. The zero-order chi connectivity index (χ0) is 14.4. The fourth-order valence-electron chi connectivity index (χ4n) is 5.99. The molecule has 0 aromatic rings. The molecule has 3 rings (SSSR count). The van der Waals surface area contributed by atoms with Crippen molar-refractivity contribution < 1.29 is 0 Å². The quantitative estimate of drug-likeness (QED) is 0.772. The third-order valence-electron chi connectivity index (χ3n) is 7.44. The first-order valence-electron chi connectivity index (χ1n) is 8.96. The van der Waals surface area contributed by atoms with Crippen LogP contribution >= 0.6 is 0 Å². The Morgan fingerprint density at radius 1 is 0.750 bits per heavy atom. The Kier molecular flexibility index (Phi) is 3.92. The maximum absolute atomic E-state index is 2.63. The van der Waals surface area contributed by atoms with Crippen LogP contribution in [-0.4, -0.2) is 49.1 Å². The normalized spacial score (nSPS) is 44.1. The van der Waals surface area contributed by atoms with Gasteiger partial charge in [0.1, 0.15) is 0 Å². The Labute approximate surface area is 125 Å². The molecule has 0 bridgehead atoms. The van der Waals surface area contributed by atoms with Gasteiger partial charge in [0.15, 0.2) is 0 Å². The fraction of sp³-hybridized carbons (Fsp3) is 1.00.